The number of halogens is 1. The maximum absolute atomic E-state index is 13.0. The zero-order valence-corrected chi connectivity index (χ0v) is 14.2. The highest BCUT2D eigenvalue weighted by molar-refractivity contribution is 7.89. The molecule has 1 fully saturated rings. The van der Waals surface area contributed by atoms with Crippen LogP contribution in [0.25, 0.3) is 0 Å². The van der Waals surface area contributed by atoms with Crippen molar-refractivity contribution in [3.8, 4) is 0 Å². The van der Waals surface area contributed by atoms with Crippen LogP contribution in [0.4, 0.5) is 4.39 Å². The number of sulfonamides is 1. The number of amides is 1. The van der Waals surface area contributed by atoms with Gasteiger partial charge in [-0.05, 0) is 31.3 Å². The van der Waals surface area contributed by atoms with Crippen LogP contribution >= 0.6 is 0 Å². The van der Waals surface area contributed by atoms with E-state index in [1.165, 1.54) is 12.1 Å². The van der Waals surface area contributed by atoms with Crippen LogP contribution in [0, 0.1) is 5.82 Å². The second-order valence-electron chi connectivity index (χ2n) is 5.57. The summed E-state index contributed by atoms with van der Waals surface area (Å²) in [4.78, 5) is 16.1. The Morgan fingerprint density at radius 2 is 1.74 bits per heavy atom. The predicted octanol–water partition coefficient (Wildman–Crippen LogP) is 0.610. The van der Waals surface area contributed by atoms with E-state index in [1.54, 1.807) is 11.8 Å². The molecule has 0 spiro atoms. The number of hydrogen-bond acceptors (Lipinski definition) is 4. The number of nitrogens with zero attached hydrogens (tertiary/aromatic N) is 3. The fourth-order valence-electron chi connectivity index (χ4n) is 2.43. The number of carbonyl (C=O) groups is 1. The quantitative estimate of drug-likeness (QED) is 0.786. The van der Waals surface area contributed by atoms with Crippen molar-refractivity contribution in [2.45, 2.75) is 11.8 Å². The molecule has 1 amide bonds. The van der Waals surface area contributed by atoms with Crippen molar-refractivity contribution in [2.75, 3.05) is 46.3 Å². The molecule has 23 heavy (non-hydrogen) atoms. The van der Waals surface area contributed by atoms with Gasteiger partial charge < -0.3 is 9.80 Å². The van der Waals surface area contributed by atoms with E-state index in [2.05, 4.69) is 4.90 Å². The fourth-order valence-corrected chi connectivity index (χ4v) is 3.83. The molecule has 1 aliphatic heterocycles. The summed E-state index contributed by atoms with van der Waals surface area (Å²) < 4.78 is 39.2. The molecule has 0 N–H and O–H groups in total. The van der Waals surface area contributed by atoms with Gasteiger partial charge in [0.1, 0.15) is 5.82 Å². The summed E-state index contributed by atoms with van der Waals surface area (Å²) in [5, 5.41) is 0. The van der Waals surface area contributed by atoms with E-state index in [0.29, 0.717) is 13.1 Å². The van der Waals surface area contributed by atoms with Gasteiger partial charge in [-0.3, -0.25) is 4.79 Å². The van der Waals surface area contributed by atoms with Gasteiger partial charge in [0.05, 0.1) is 11.4 Å². The Hall–Kier alpha value is -1.51. The number of hydrogen-bond donors (Lipinski definition) is 0. The molecule has 1 heterocycles. The first-order valence-corrected chi connectivity index (χ1v) is 9.00. The van der Waals surface area contributed by atoms with Crippen LogP contribution in [-0.2, 0) is 14.8 Å². The fraction of sp³-hybridized carbons (Fsp3) is 0.533. The van der Waals surface area contributed by atoms with E-state index >= 15 is 0 Å². The van der Waals surface area contributed by atoms with Gasteiger partial charge in [0, 0.05) is 32.7 Å². The Morgan fingerprint density at radius 3 is 2.26 bits per heavy atom. The summed E-state index contributed by atoms with van der Waals surface area (Å²) in [5.74, 6) is -0.703. The van der Waals surface area contributed by atoms with Crippen LogP contribution in [-0.4, -0.2) is 74.7 Å². The highest BCUT2D eigenvalue weighted by atomic mass is 32.2. The molecule has 0 radical (unpaired) electrons. The normalized spacial score (nSPS) is 16.8. The van der Waals surface area contributed by atoms with Crippen LogP contribution in [0.15, 0.2) is 29.2 Å². The van der Waals surface area contributed by atoms with E-state index in [-0.39, 0.29) is 23.9 Å². The van der Waals surface area contributed by atoms with Gasteiger partial charge in [-0.2, -0.15) is 4.31 Å². The van der Waals surface area contributed by atoms with Crippen LogP contribution in [0.2, 0.25) is 0 Å². The highest BCUT2D eigenvalue weighted by Gasteiger charge is 2.28. The van der Waals surface area contributed by atoms with Gasteiger partial charge in [-0.25, -0.2) is 12.8 Å². The Bertz CT molecular complexity index is 640. The first-order chi connectivity index (χ1) is 10.8. The minimum absolute atomic E-state index is 0.00747. The summed E-state index contributed by atoms with van der Waals surface area (Å²) in [7, 11) is -1.82. The second-order valence-corrected chi connectivity index (χ2v) is 7.51. The van der Waals surface area contributed by atoms with E-state index in [9.17, 15) is 17.6 Å². The molecule has 0 atom stereocenters. The van der Waals surface area contributed by atoms with Crippen molar-refractivity contribution in [1.82, 2.24) is 14.1 Å². The minimum Gasteiger partial charge on any atom is -0.339 e. The molecule has 6 nitrogen and oxygen atoms in total. The van der Waals surface area contributed by atoms with Gasteiger partial charge >= 0.3 is 0 Å². The summed E-state index contributed by atoms with van der Waals surface area (Å²) in [5.41, 5.74) is 0. The topological polar surface area (TPSA) is 60.9 Å². The van der Waals surface area contributed by atoms with Crippen LogP contribution in [0.3, 0.4) is 0 Å². The lowest BCUT2D eigenvalue weighted by Crippen LogP contribution is -2.50. The molecular formula is C15H22FN3O3S. The lowest BCUT2D eigenvalue weighted by molar-refractivity contribution is -0.132. The molecule has 0 aromatic heterocycles. The van der Waals surface area contributed by atoms with Gasteiger partial charge in [-0.1, -0.05) is 6.92 Å². The van der Waals surface area contributed by atoms with E-state index in [4.69, 9.17) is 0 Å². The number of rotatable bonds is 5. The number of likely N-dealkylation sites (N-methyl/N-ethyl adjacent to an activating group) is 2. The molecule has 1 saturated heterocycles. The molecule has 1 aromatic carbocycles. The molecule has 128 valence electrons. The van der Waals surface area contributed by atoms with E-state index < -0.39 is 15.8 Å². The molecule has 0 bridgehead atoms. The molecular weight excluding hydrogens is 321 g/mol. The first-order valence-electron chi connectivity index (χ1n) is 7.56. The molecule has 8 heteroatoms. The van der Waals surface area contributed by atoms with Crippen molar-refractivity contribution >= 4 is 15.9 Å². The van der Waals surface area contributed by atoms with Crippen LogP contribution < -0.4 is 0 Å². The van der Waals surface area contributed by atoms with Gasteiger partial charge in [0.25, 0.3) is 0 Å². The summed E-state index contributed by atoms with van der Waals surface area (Å²) >= 11 is 0. The largest absolute Gasteiger partial charge is 0.339 e. The third kappa shape index (κ3) is 4.27. The zero-order chi connectivity index (χ0) is 17.0. The Balaban J connectivity index is 2.09. The van der Waals surface area contributed by atoms with Gasteiger partial charge in [-0.15, -0.1) is 0 Å². The lowest BCUT2D eigenvalue weighted by atomic mass is 10.3. The van der Waals surface area contributed by atoms with Crippen LogP contribution in [0.1, 0.15) is 6.92 Å². The Kier molecular flexibility index (Phi) is 5.72. The molecule has 1 aliphatic rings. The van der Waals surface area contributed by atoms with Gasteiger partial charge in [0.15, 0.2) is 0 Å². The maximum Gasteiger partial charge on any atom is 0.243 e. The molecule has 2 rings (SSSR count). The highest BCUT2D eigenvalue weighted by Crippen LogP contribution is 2.16. The van der Waals surface area contributed by atoms with Crippen molar-refractivity contribution in [2.24, 2.45) is 0 Å². The third-order valence-corrected chi connectivity index (χ3v) is 5.91. The predicted molar refractivity (Wildman–Crippen MR) is 84.9 cm³/mol. The monoisotopic (exact) mass is 343 g/mol. The summed E-state index contributed by atoms with van der Waals surface area (Å²) in [6.07, 6.45) is 0. The lowest BCUT2D eigenvalue weighted by Gasteiger charge is -2.33. The summed E-state index contributed by atoms with van der Waals surface area (Å²) in [6.45, 7) is 4.43. The third-order valence-electron chi connectivity index (χ3n) is 3.97. The number of carbonyl (C=O) groups excluding carboxylic acids is 1. The maximum atomic E-state index is 13.0. The van der Waals surface area contributed by atoms with Crippen molar-refractivity contribution in [3.05, 3.63) is 30.1 Å². The van der Waals surface area contributed by atoms with E-state index in [1.807, 2.05) is 7.05 Å². The average molecular weight is 343 g/mol. The average Bonchev–Trinajstić information content (AvgIpc) is 2.53. The first kappa shape index (κ1) is 17.8. The second kappa shape index (κ2) is 7.37. The standard InChI is InChI=1S/C15H22FN3O3S/c1-3-19(12-15(20)18-10-8-17(2)9-11-18)23(21,22)14-6-4-13(16)5-7-14/h4-7H,3,8-12H2,1-2H3. The molecule has 0 unspecified atom stereocenters. The molecule has 0 saturated carbocycles. The van der Waals surface area contributed by atoms with Crippen molar-refractivity contribution < 1.29 is 17.6 Å². The summed E-state index contributed by atoms with van der Waals surface area (Å²) in [6, 6.07) is 4.63. The molecule has 1 aromatic rings. The van der Waals surface area contributed by atoms with Crippen molar-refractivity contribution in [3.63, 3.8) is 0 Å². The minimum atomic E-state index is -3.80. The molecule has 0 aliphatic carbocycles. The van der Waals surface area contributed by atoms with E-state index in [0.717, 1.165) is 29.5 Å². The SMILES string of the molecule is CCN(CC(=O)N1CCN(C)CC1)S(=O)(=O)c1ccc(F)cc1. The van der Waals surface area contributed by atoms with Crippen LogP contribution in [0.5, 0.6) is 0 Å². The van der Waals surface area contributed by atoms with Gasteiger partial charge in [0.2, 0.25) is 15.9 Å². The van der Waals surface area contributed by atoms with Crippen molar-refractivity contribution in [1.29, 1.82) is 0 Å². The number of piperazine rings is 1. The number of benzene rings is 1. The Morgan fingerprint density at radius 1 is 1.17 bits per heavy atom. The zero-order valence-electron chi connectivity index (χ0n) is 13.4. The smallest absolute Gasteiger partial charge is 0.243 e. The Labute approximate surface area is 136 Å².